The van der Waals surface area contributed by atoms with Crippen LogP contribution >= 0.6 is 15.9 Å². The molecule has 1 aromatic rings. The summed E-state index contributed by atoms with van der Waals surface area (Å²) in [5.74, 6) is 0.0729. The Morgan fingerprint density at radius 3 is 2.36 bits per heavy atom. The highest BCUT2D eigenvalue weighted by atomic mass is 79.9. The fraction of sp³-hybridized carbons (Fsp3) is 0.333. The second-order valence-electron chi connectivity index (χ2n) is 2.93. The first-order valence-electron chi connectivity index (χ1n) is 3.63. The van der Waals surface area contributed by atoms with Gasteiger partial charge in [-0.25, -0.2) is 4.39 Å². The molecule has 1 fully saturated rings. The van der Waals surface area contributed by atoms with E-state index in [1.807, 2.05) is 30.3 Å². The minimum atomic E-state index is -1.12. The topological polar surface area (TPSA) is 0 Å². The number of hydrogen-bond donors (Lipinski definition) is 0. The molecule has 0 aliphatic heterocycles. The normalized spacial score (nSPS) is 35.3. The Bertz CT molecular complexity index is 256. The zero-order valence-electron chi connectivity index (χ0n) is 5.93. The minimum absolute atomic E-state index is 0.0729. The molecule has 1 aliphatic rings. The van der Waals surface area contributed by atoms with E-state index < -0.39 is 4.58 Å². The predicted molar refractivity (Wildman–Crippen MR) is 46.6 cm³/mol. The Morgan fingerprint density at radius 1 is 1.36 bits per heavy atom. The van der Waals surface area contributed by atoms with E-state index in [4.69, 9.17) is 0 Å². The average Bonchev–Trinajstić information content (AvgIpc) is 2.62. The lowest BCUT2D eigenvalue weighted by Crippen LogP contribution is -1.89. The summed E-state index contributed by atoms with van der Waals surface area (Å²) < 4.78 is 11.9. The lowest BCUT2D eigenvalue weighted by atomic mass is 10.1. The molecule has 0 saturated heterocycles. The lowest BCUT2D eigenvalue weighted by Gasteiger charge is -1.97. The average molecular weight is 215 g/mol. The molecule has 0 aromatic heterocycles. The third kappa shape index (κ3) is 1.32. The standard InChI is InChI=1S/C9H8BrF/c10-9(11)6-8(9)7-4-2-1-3-5-7/h1-5,8H,6H2. The van der Waals surface area contributed by atoms with Gasteiger partial charge in [-0.1, -0.05) is 30.3 Å². The SMILES string of the molecule is FC1(Br)CC1c1ccccc1. The maximum absolute atomic E-state index is 13.1. The van der Waals surface area contributed by atoms with Crippen LogP contribution in [0, 0.1) is 0 Å². The van der Waals surface area contributed by atoms with Crippen LogP contribution in [-0.4, -0.2) is 4.58 Å². The van der Waals surface area contributed by atoms with Gasteiger partial charge in [0.05, 0.1) is 0 Å². The van der Waals surface area contributed by atoms with Crippen molar-refractivity contribution in [3.63, 3.8) is 0 Å². The molecule has 0 N–H and O–H groups in total. The summed E-state index contributed by atoms with van der Waals surface area (Å²) in [5.41, 5.74) is 1.09. The second-order valence-corrected chi connectivity index (χ2v) is 4.25. The van der Waals surface area contributed by atoms with Crippen LogP contribution in [0.4, 0.5) is 4.39 Å². The molecule has 1 saturated carbocycles. The molecule has 2 atom stereocenters. The van der Waals surface area contributed by atoms with Gasteiger partial charge in [-0.15, -0.1) is 0 Å². The third-order valence-corrected chi connectivity index (χ3v) is 2.90. The van der Waals surface area contributed by atoms with Crippen LogP contribution in [0.25, 0.3) is 0 Å². The van der Waals surface area contributed by atoms with Crippen molar-refractivity contribution in [3.8, 4) is 0 Å². The summed E-state index contributed by atoms with van der Waals surface area (Å²) in [6.45, 7) is 0. The Labute approximate surface area is 73.6 Å². The van der Waals surface area contributed by atoms with Crippen LogP contribution in [0.15, 0.2) is 30.3 Å². The van der Waals surface area contributed by atoms with Gasteiger partial charge in [0.15, 0.2) is 4.58 Å². The number of hydrogen-bond acceptors (Lipinski definition) is 0. The molecule has 0 nitrogen and oxygen atoms in total. The number of benzene rings is 1. The molecular formula is C9H8BrF. The van der Waals surface area contributed by atoms with Gasteiger partial charge in [-0.2, -0.15) is 0 Å². The fourth-order valence-electron chi connectivity index (χ4n) is 1.26. The van der Waals surface area contributed by atoms with E-state index in [-0.39, 0.29) is 5.92 Å². The largest absolute Gasteiger partial charge is 0.231 e. The molecule has 58 valence electrons. The van der Waals surface area contributed by atoms with Crippen molar-refractivity contribution in [3.05, 3.63) is 35.9 Å². The van der Waals surface area contributed by atoms with E-state index in [9.17, 15) is 4.39 Å². The second kappa shape index (κ2) is 2.31. The molecule has 2 unspecified atom stereocenters. The van der Waals surface area contributed by atoms with E-state index in [2.05, 4.69) is 15.9 Å². The van der Waals surface area contributed by atoms with Gasteiger partial charge in [-0.05, 0) is 21.5 Å². The van der Waals surface area contributed by atoms with Crippen molar-refractivity contribution in [2.45, 2.75) is 16.9 Å². The van der Waals surface area contributed by atoms with E-state index in [1.165, 1.54) is 0 Å². The summed E-state index contributed by atoms with van der Waals surface area (Å²) in [6, 6.07) is 9.76. The molecule has 0 spiro atoms. The summed E-state index contributed by atoms with van der Waals surface area (Å²) in [4.78, 5) is 0. The van der Waals surface area contributed by atoms with Crippen LogP contribution in [0.3, 0.4) is 0 Å². The first-order valence-corrected chi connectivity index (χ1v) is 4.42. The van der Waals surface area contributed by atoms with Crippen LogP contribution < -0.4 is 0 Å². The first-order chi connectivity index (χ1) is 5.20. The highest BCUT2D eigenvalue weighted by Gasteiger charge is 2.54. The molecule has 0 amide bonds. The Morgan fingerprint density at radius 2 is 1.91 bits per heavy atom. The van der Waals surface area contributed by atoms with Crippen molar-refractivity contribution in [2.75, 3.05) is 0 Å². The Kier molecular flexibility index (Phi) is 1.53. The smallest absolute Gasteiger partial charge is 0.172 e. The number of halogens is 2. The molecule has 0 radical (unpaired) electrons. The van der Waals surface area contributed by atoms with Crippen molar-refractivity contribution in [1.29, 1.82) is 0 Å². The van der Waals surface area contributed by atoms with Gasteiger partial charge in [-0.3, -0.25) is 0 Å². The Balaban J connectivity index is 2.21. The molecule has 2 heteroatoms. The summed E-state index contributed by atoms with van der Waals surface area (Å²) >= 11 is 3.02. The van der Waals surface area contributed by atoms with Crippen LogP contribution in [-0.2, 0) is 0 Å². The van der Waals surface area contributed by atoms with Gasteiger partial charge in [0.2, 0.25) is 0 Å². The van der Waals surface area contributed by atoms with Gasteiger partial charge in [0.25, 0.3) is 0 Å². The van der Waals surface area contributed by atoms with E-state index in [0.717, 1.165) is 5.56 Å². The first kappa shape index (κ1) is 7.29. The van der Waals surface area contributed by atoms with E-state index in [1.54, 1.807) is 0 Å². The van der Waals surface area contributed by atoms with Crippen LogP contribution in [0.5, 0.6) is 0 Å². The number of rotatable bonds is 1. The van der Waals surface area contributed by atoms with Gasteiger partial charge >= 0.3 is 0 Å². The Hall–Kier alpha value is -0.370. The van der Waals surface area contributed by atoms with Crippen LogP contribution in [0.2, 0.25) is 0 Å². The van der Waals surface area contributed by atoms with Crippen molar-refractivity contribution in [1.82, 2.24) is 0 Å². The lowest BCUT2D eigenvalue weighted by molar-refractivity contribution is 0.436. The molecule has 1 aromatic carbocycles. The molecule has 0 bridgehead atoms. The highest BCUT2D eigenvalue weighted by molar-refractivity contribution is 9.10. The molecule has 2 rings (SSSR count). The third-order valence-electron chi connectivity index (χ3n) is 2.03. The zero-order valence-corrected chi connectivity index (χ0v) is 7.51. The monoisotopic (exact) mass is 214 g/mol. The van der Waals surface area contributed by atoms with Gasteiger partial charge < -0.3 is 0 Å². The zero-order chi connectivity index (χ0) is 7.90. The van der Waals surface area contributed by atoms with E-state index >= 15 is 0 Å². The highest BCUT2D eigenvalue weighted by Crippen LogP contribution is 2.58. The maximum atomic E-state index is 13.1. The number of alkyl halides is 2. The van der Waals surface area contributed by atoms with Crippen molar-refractivity contribution >= 4 is 15.9 Å². The van der Waals surface area contributed by atoms with Crippen molar-refractivity contribution in [2.24, 2.45) is 0 Å². The summed E-state index contributed by atoms with van der Waals surface area (Å²) in [7, 11) is 0. The minimum Gasteiger partial charge on any atom is -0.231 e. The quantitative estimate of drug-likeness (QED) is 0.631. The van der Waals surface area contributed by atoms with Gasteiger partial charge in [0.1, 0.15) is 0 Å². The molecular weight excluding hydrogens is 207 g/mol. The summed E-state index contributed by atoms with van der Waals surface area (Å²) in [5, 5.41) is 0. The predicted octanol–water partition coefficient (Wildman–Crippen LogP) is 3.23. The van der Waals surface area contributed by atoms with E-state index in [0.29, 0.717) is 6.42 Å². The molecule has 1 aliphatic carbocycles. The fourth-order valence-corrected chi connectivity index (χ4v) is 1.85. The van der Waals surface area contributed by atoms with Gasteiger partial charge in [0, 0.05) is 12.3 Å². The molecule has 0 heterocycles. The van der Waals surface area contributed by atoms with Crippen molar-refractivity contribution < 1.29 is 4.39 Å². The maximum Gasteiger partial charge on any atom is 0.172 e. The summed E-state index contributed by atoms with van der Waals surface area (Å²) in [6.07, 6.45) is 0.608. The van der Waals surface area contributed by atoms with Crippen LogP contribution in [0.1, 0.15) is 17.9 Å². The molecule has 11 heavy (non-hydrogen) atoms.